The highest BCUT2D eigenvalue weighted by Crippen LogP contribution is 2.21. The van der Waals surface area contributed by atoms with Gasteiger partial charge in [0.25, 0.3) is 0 Å². The van der Waals surface area contributed by atoms with Crippen molar-refractivity contribution < 1.29 is 4.79 Å². The molecule has 0 saturated carbocycles. The molecule has 0 spiro atoms. The Labute approximate surface area is 93.0 Å². The van der Waals surface area contributed by atoms with Crippen molar-refractivity contribution in [1.82, 2.24) is 0 Å². The molecule has 0 aliphatic heterocycles. The van der Waals surface area contributed by atoms with Gasteiger partial charge < -0.3 is 5.73 Å². The van der Waals surface area contributed by atoms with E-state index in [1.165, 1.54) is 6.92 Å². The maximum Gasteiger partial charge on any atom is 0.146 e. The molecule has 0 aromatic heterocycles. The van der Waals surface area contributed by atoms with Gasteiger partial charge in [-0.3, -0.25) is 4.79 Å². The molecule has 0 fully saturated rings. The van der Waals surface area contributed by atoms with Crippen LogP contribution >= 0.6 is 23.2 Å². The highest BCUT2D eigenvalue weighted by Gasteiger charge is 2.11. The second-order valence-corrected chi connectivity index (χ2v) is 4.00. The molecule has 1 aromatic rings. The van der Waals surface area contributed by atoms with Gasteiger partial charge in [0.1, 0.15) is 5.78 Å². The van der Waals surface area contributed by atoms with Crippen LogP contribution in [0, 0.1) is 0 Å². The number of benzene rings is 1. The summed E-state index contributed by atoms with van der Waals surface area (Å²) >= 11 is 11.7. The molecule has 2 N–H and O–H groups in total. The van der Waals surface area contributed by atoms with Crippen LogP contribution in [0.2, 0.25) is 10.0 Å². The van der Waals surface area contributed by atoms with E-state index in [9.17, 15) is 4.79 Å². The summed E-state index contributed by atoms with van der Waals surface area (Å²) in [6.45, 7) is 1.47. The molecule has 0 bridgehead atoms. The maximum absolute atomic E-state index is 10.9. The molecular formula is C10H11Cl2NO. The lowest BCUT2D eigenvalue weighted by atomic mass is 10.0. The van der Waals surface area contributed by atoms with E-state index in [0.717, 1.165) is 5.56 Å². The van der Waals surface area contributed by atoms with Gasteiger partial charge in [0.05, 0.1) is 6.04 Å². The predicted molar refractivity (Wildman–Crippen MR) is 58.8 cm³/mol. The van der Waals surface area contributed by atoms with Gasteiger partial charge in [0.2, 0.25) is 0 Å². The first-order valence-electron chi connectivity index (χ1n) is 4.20. The number of rotatable bonds is 3. The molecule has 0 radical (unpaired) electrons. The minimum absolute atomic E-state index is 0.0454. The molecule has 1 atom stereocenters. The molecule has 1 unspecified atom stereocenters. The smallest absolute Gasteiger partial charge is 0.146 e. The summed E-state index contributed by atoms with van der Waals surface area (Å²) < 4.78 is 0. The average molecular weight is 232 g/mol. The lowest BCUT2D eigenvalue weighted by molar-refractivity contribution is -0.118. The SMILES string of the molecule is CC(=O)C(N)Cc1ccc(Cl)cc1Cl. The number of ketones is 1. The molecule has 0 aliphatic carbocycles. The van der Waals surface area contributed by atoms with Crippen LogP contribution in [0.3, 0.4) is 0 Å². The van der Waals surface area contributed by atoms with Crippen molar-refractivity contribution >= 4 is 29.0 Å². The number of Topliss-reactive ketones (excluding diaryl/α,β-unsaturated/α-hetero) is 1. The average Bonchev–Trinajstić information content (AvgIpc) is 2.09. The van der Waals surface area contributed by atoms with Gasteiger partial charge in [-0.15, -0.1) is 0 Å². The number of carbonyl (C=O) groups is 1. The second kappa shape index (κ2) is 4.78. The van der Waals surface area contributed by atoms with E-state index in [-0.39, 0.29) is 5.78 Å². The van der Waals surface area contributed by atoms with Crippen molar-refractivity contribution in [2.75, 3.05) is 0 Å². The Balaban J connectivity index is 2.82. The third-order valence-corrected chi connectivity index (χ3v) is 2.56. The fourth-order valence-corrected chi connectivity index (χ4v) is 1.55. The summed E-state index contributed by atoms with van der Waals surface area (Å²) in [4.78, 5) is 10.9. The van der Waals surface area contributed by atoms with Crippen LogP contribution in [0.4, 0.5) is 0 Å². The molecule has 0 aliphatic rings. The Morgan fingerprint density at radius 2 is 2.14 bits per heavy atom. The fraction of sp³-hybridized carbons (Fsp3) is 0.300. The summed E-state index contributed by atoms with van der Waals surface area (Å²) in [5.41, 5.74) is 6.46. The molecule has 76 valence electrons. The largest absolute Gasteiger partial charge is 0.321 e. The Kier molecular flexibility index (Phi) is 3.93. The van der Waals surface area contributed by atoms with Crippen LogP contribution in [0.15, 0.2) is 18.2 Å². The molecule has 0 saturated heterocycles. The highest BCUT2D eigenvalue weighted by atomic mass is 35.5. The first kappa shape index (κ1) is 11.5. The molecule has 0 amide bonds. The monoisotopic (exact) mass is 231 g/mol. The minimum atomic E-state index is -0.492. The summed E-state index contributed by atoms with van der Waals surface area (Å²) in [6.07, 6.45) is 0.450. The Morgan fingerprint density at radius 3 is 2.64 bits per heavy atom. The number of halogens is 2. The summed E-state index contributed by atoms with van der Waals surface area (Å²) in [5, 5.41) is 1.13. The number of nitrogens with two attached hydrogens (primary N) is 1. The first-order chi connectivity index (χ1) is 6.50. The fourth-order valence-electron chi connectivity index (χ4n) is 1.07. The van der Waals surface area contributed by atoms with Gasteiger partial charge in [-0.2, -0.15) is 0 Å². The zero-order chi connectivity index (χ0) is 10.7. The van der Waals surface area contributed by atoms with Gasteiger partial charge in [-0.25, -0.2) is 0 Å². The van der Waals surface area contributed by atoms with E-state index in [1.54, 1.807) is 18.2 Å². The van der Waals surface area contributed by atoms with Crippen molar-refractivity contribution in [3.8, 4) is 0 Å². The lowest BCUT2D eigenvalue weighted by Crippen LogP contribution is -2.30. The standard InChI is InChI=1S/C10H11Cl2NO/c1-6(14)10(13)4-7-2-3-8(11)5-9(7)12/h2-3,5,10H,4,13H2,1H3. The third-order valence-electron chi connectivity index (χ3n) is 1.98. The molecule has 1 rings (SSSR count). The van der Waals surface area contributed by atoms with E-state index in [2.05, 4.69) is 0 Å². The molecule has 1 aromatic carbocycles. The van der Waals surface area contributed by atoms with E-state index in [1.807, 2.05) is 0 Å². The quantitative estimate of drug-likeness (QED) is 0.869. The second-order valence-electron chi connectivity index (χ2n) is 3.16. The molecule has 0 heterocycles. The van der Waals surface area contributed by atoms with E-state index in [4.69, 9.17) is 28.9 Å². The Morgan fingerprint density at radius 1 is 1.50 bits per heavy atom. The van der Waals surface area contributed by atoms with Crippen LogP contribution in [-0.2, 0) is 11.2 Å². The van der Waals surface area contributed by atoms with Gasteiger partial charge in [0.15, 0.2) is 0 Å². The van der Waals surface area contributed by atoms with Crippen molar-refractivity contribution in [1.29, 1.82) is 0 Å². The third kappa shape index (κ3) is 2.98. The predicted octanol–water partition coefficient (Wildman–Crippen LogP) is 2.45. The van der Waals surface area contributed by atoms with Gasteiger partial charge in [-0.1, -0.05) is 29.3 Å². The Bertz CT molecular complexity index is 352. The summed E-state index contributed by atoms with van der Waals surface area (Å²) in [7, 11) is 0. The molecule has 2 nitrogen and oxygen atoms in total. The Hall–Kier alpha value is -0.570. The summed E-state index contributed by atoms with van der Waals surface area (Å²) in [6, 6.07) is 4.67. The molecule has 4 heteroatoms. The minimum Gasteiger partial charge on any atom is -0.321 e. The van der Waals surface area contributed by atoms with Crippen LogP contribution in [-0.4, -0.2) is 11.8 Å². The molecular weight excluding hydrogens is 221 g/mol. The van der Waals surface area contributed by atoms with Crippen molar-refractivity contribution in [3.05, 3.63) is 33.8 Å². The lowest BCUT2D eigenvalue weighted by Gasteiger charge is -2.09. The van der Waals surface area contributed by atoms with E-state index < -0.39 is 6.04 Å². The first-order valence-corrected chi connectivity index (χ1v) is 4.96. The highest BCUT2D eigenvalue weighted by molar-refractivity contribution is 6.35. The van der Waals surface area contributed by atoms with Gasteiger partial charge in [0, 0.05) is 10.0 Å². The zero-order valence-electron chi connectivity index (χ0n) is 7.76. The van der Waals surface area contributed by atoms with E-state index in [0.29, 0.717) is 16.5 Å². The van der Waals surface area contributed by atoms with Crippen molar-refractivity contribution in [2.24, 2.45) is 5.73 Å². The topological polar surface area (TPSA) is 43.1 Å². The van der Waals surface area contributed by atoms with Crippen LogP contribution < -0.4 is 5.73 Å². The zero-order valence-corrected chi connectivity index (χ0v) is 9.27. The normalized spacial score (nSPS) is 12.6. The van der Waals surface area contributed by atoms with Crippen molar-refractivity contribution in [3.63, 3.8) is 0 Å². The molecule has 14 heavy (non-hydrogen) atoms. The van der Waals surface area contributed by atoms with Crippen LogP contribution in [0.1, 0.15) is 12.5 Å². The number of hydrogen-bond donors (Lipinski definition) is 1. The van der Waals surface area contributed by atoms with E-state index >= 15 is 0 Å². The van der Waals surface area contributed by atoms with Gasteiger partial charge >= 0.3 is 0 Å². The van der Waals surface area contributed by atoms with Gasteiger partial charge in [-0.05, 0) is 31.0 Å². The number of carbonyl (C=O) groups excluding carboxylic acids is 1. The maximum atomic E-state index is 10.9. The van der Waals surface area contributed by atoms with Crippen molar-refractivity contribution in [2.45, 2.75) is 19.4 Å². The summed E-state index contributed by atoms with van der Waals surface area (Å²) in [5.74, 6) is -0.0454. The van der Waals surface area contributed by atoms with Crippen LogP contribution in [0.25, 0.3) is 0 Å². The van der Waals surface area contributed by atoms with Crippen LogP contribution in [0.5, 0.6) is 0 Å². The number of hydrogen-bond acceptors (Lipinski definition) is 2.